The lowest BCUT2D eigenvalue weighted by molar-refractivity contribution is -0.170. The van der Waals surface area contributed by atoms with Crippen molar-refractivity contribution in [2.75, 3.05) is 43.0 Å². The lowest BCUT2D eigenvalue weighted by atomic mass is 10.1. The van der Waals surface area contributed by atoms with Gasteiger partial charge in [0.2, 0.25) is 5.95 Å². The predicted molar refractivity (Wildman–Crippen MR) is 130 cm³/mol. The minimum atomic E-state index is -5.18. The van der Waals surface area contributed by atoms with Gasteiger partial charge in [-0.25, -0.2) is 14.1 Å². The molecule has 1 saturated heterocycles. The molecule has 3 aromatic rings. The monoisotopic (exact) mass is 530 g/mol. The van der Waals surface area contributed by atoms with E-state index in [-0.39, 0.29) is 28.1 Å². The highest BCUT2D eigenvalue weighted by atomic mass is 19.4. The number of imidazole rings is 1. The van der Waals surface area contributed by atoms with Crippen LogP contribution in [0.1, 0.15) is 18.1 Å². The van der Waals surface area contributed by atoms with Crippen molar-refractivity contribution in [1.82, 2.24) is 24.6 Å². The van der Waals surface area contributed by atoms with Crippen molar-refractivity contribution in [2.24, 2.45) is 0 Å². The quantitative estimate of drug-likeness (QED) is 0.394. The summed E-state index contributed by atoms with van der Waals surface area (Å²) in [6, 6.07) is 3.38. The second-order valence-electron chi connectivity index (χ2n) is 8.43. The van der Waals surface area contributed by atoms with Gasteiger partial charge in [-0.15, -0.1) is 5.92 Å². The lowest BCUT2D eigenvalue weighted by Gasteiger charge is -2.28. The number of fused-ring (bicyclic) bond motifs is 1. The smallest absolute Gasteiger partial charge is 0.340 e. The Hall–Kier alpha value is -4.43. The summed E-state index contributed by atoms with van der Waals surface area (Å²) < 4.78 is 56.2. The van der Waals surface area contributed by atoms with Crippen LogP contribution in [0.3, 0.4) is 0 Å². The van der Waals surface area contributed by atoms with Crippen LogP contribution in [0.2, 0.25) is 0 Å². The van der Waals surface area contributed by atoms with E-state index in [2.05, 4.69) is 27.2 Å². The molecular formula is C24H22F4N8O2. The minimum Gasteiger partial charge on any atom is -0.340 e. The fourth-order valence-corrected chi connectivity index (χ4v) is 4.13. The first-order valence-corrected chi connectivity index (χ1v) is 11.5. The highest BCUT2D eigenvalue weighted by Gasteiger charge is 2.42. The lowest BCUT2D eigenvalue weighted by Crippen LogP contribution is -2.44. The molecule has 0 radical (unpaired) electrons. The molecular weight excluding hydrogens is 508 g/mol. The van der Waals surface area contributed by atoms with E-state index >= 15 is 4.39 Å². The molecule has 10 nitrogen and oxygen atoms in total. The van der Waals surface area contributed by atoms with Crippen LogP contribution < -0.4 is 20.7 Å². The van der Waals surface area contributed by atoms with E-state index in [1.807, 2.05) is 4.90 Å². The molecule has 1 aliphatic rings. The average molecular weight is 530 g/mol. The maximum atomic E-state index is 15.1. The highest BCUT2D eigenvalue weighted by molar-refractivity contribution is 5.97. The Balaban J connectivity index is 1.77. The molecule has 0 saturated carbocycles. The van der Waals surface area contributed by atoms with Gasteiger partial charge < -0.3 is 15.1 Å². The summed E-state index contributed by atoms with van der Waals surface area (Å²) in [4.78, 5) is 31.8. The van der Waals surface area contributed by atoms with Crippen molar-refractivity contribution >= 4 is 28.6 Å². The zero-order valence-corrected chi connectivity index (χ0v) is 20.4. The number of alkyl halides is 3. The molecule has 0 atom stereocenters. The van der Waals surface area contributed by atoms with Crippen molar-refractivity contribution in [1.29, 1.82) is 5.26 Å². The van der Waals surface area contributed by atoms with Gasteiger partial charge in [-0.3, -0.25) is 14.2 Å². The van der Waals surface area contributed by atoms with Gasteiger partial charge in [-0.1, -0.05) is 5.92 Å². The van der Waals surface area contributed by atoms with Gasteiger partial charge in [-0.2, -0.15) is 23.5 Å². The molecule has 0 spiro atoms. The molecule has 1 amide bonds. The van der Waals surface area contributed by atoms with E-state index < -0.39 is 35.7 Å². The van der Waals surface area contributed by atoms with Crippen LogP contribution in [0.4, 0.5) is 29.2 Å². The number of nitrogens with zero attached hydrogens (tertiary/aromatic N) is 7. The topological polar surface area (TPSA) is 112 Å². The molecule has 1 N–H and O–H groups in total. The number of piperazine rings is 1. The molecule has 38 heavy (non-hydrogen) atoms. The first kappa shape index (κ1) is 26.6. The molecule has 3 heterocycles. The van der Waals surface area contributed by atoms with Crippen LogP contribution in [0.5, 0.6) is 0 Å². The Bertz CT molecular complexity index is 1550. The summed E-state index contributed by atoms with van der Waals surface area (Å²) in [6.07, 6.45) is -3.83. The second-order valence-corrected chi connectivity index (χ2v) is 8.43. The largest absolute Gasteiger partial charge is 0.471 e. The van der Waals surface area contributed by atoms with Crippen molar-refractivity contribution in [3.8, 4) is 17.9 Å². The van der Waals surface area contributed by atoms with Crippen LogP contribution >= 0.6 is 0 Å². The van der Waals surface area contributed by atoms with Crippen molar-refractivity contribution in [3.05, 3.63) is 45.6 Å². The van der Waals surface area contributed by atoms with Crippen LogP contribution in [0, 0.1) is 29.0 Å². The Morgan fingerprint density at radius 3 is 2.61 bits per heavy atom. The zero-order chi connectivity index (χ0) is 27.6. The molecule has 0 bridgehead atoms. The third kappa shape index (κ3) is 5.03. The van der Waals surface area contributed by atoms with Crippen LogP contribution in [0.15, 0.2) is 23.1 Å². The number of rotatable bonds is 5. The van der Waals surface area contributed by atoms with Crippen molar-refractivity contribution in [2.45, 2.75) is 26.2 Å². The second kappa shape index (κ2) is 10.5. The number of benzene rings is 1. The maximum Gasteiger partial charge on any atom is 0.471 e. The number of carbonyl (C=O) groups is 1. The van der Waals surface area contributed by atoms with E-state index in [0.29, 0.717) is 30.6 Å². The summed E-state index contributed by atoms with van der Waals surface area (Å²) in [6.45, 7) is 4.17. The number of aromatic nitrogens is 4. The van der Waals surface area contributed by atoms with Gasteiger partial charge >= 0.3 is 12.1 Å². The molecule has 4 rings (SSSR count). The van der Waals surface area contributed by atoms with E-state index in [1.165, 1.54) is 6.20 Å². The number of hydrogen-bond acceptors (Lipinski definition) is 7. The summed E-state index contributed by atoms with van der Waals surface area (Å²) in [7, 11) is 0.821. The van der Waals surface area contributed by atoms with E-state index in [1.54, 1.807) is 17.6 Å². The van der Waals surface area contributed by atoms with Gasteiger partial charge in [0, 0.05) is 44.5 Å². The summed E-state index contributed by atoms with van der Waals surface area (Å²) in [5.41, 5.74) is -1.16. The van der Waals surface area contributed by atoms with E-state index in [4.69, 9.17) is 0 Å². The Morgan fingerprint density at radius 1 is 1.26 bits per heavy atom. The zero-order valence-electron chi connectivity index (χ0n) is 20.4. The van der Waals surface area contributed by atoms with Crippen LogP contribution in [-0.2, 0) is 17.9 Å². The number of nitriles is 1. The SMILES string of the molecule is CC#CCn1c(N2CCNCC2)nc2cnn(Cc3c(F)cc(N(C)C(=O)C(F)(F)F)cc3C#N)c(=O)c21. The number of hydrogen-bond donors (Lipinski definition) is 1. The third-order valence-corrected chi connectivity index (χ3v) is 6.09. The fourth-order valence-electron chi connectivity index (χ4n) is 4.13. The standard InChI is InChI=1S/C24H22F4N8O2/c1-3-4-7-35-20-19(32-23(35)34-8-5-30-6-9-34)13-31-36(21(20)37)14-17-15(12-29)10-16(11-18(17)25)33(2)22(38)24(26,27)28/h10-11,13,30H,5-9,14H2,1-2H3. The third-order valence-electron chi connectivity index (χ3n) is 6.09. The predicted octanol–water partition coefficient (Wildman–Crippen LogP) is 1.61. The van der Waals surface area contributed by atoms with Gasteiger partial charge in [0.1, 0.15) is 16.9 Å². The van der Waals surface area contributed by atoms with Crippen molar-refractivity contribution in [3.63, 3.8) is 0 Å². The first-order chi connectivity index (χ1) is 18.1. The van der Waals surface area contributed by atoms with Gasteiger partial charge in [0.05, 0.1) is 30.9 Å². The Kier molecular flexibility index (Phi) is 7.37. The highest BCUT2D eigenvalue weighted by Crippen LogP contribution is 2.27. The molecule has 1 aromatic carbocycles. The van der Waals surface area contributed by atoms with Gasteiger partial charge in [0.25, 0.3) is 5.56 Å². The summed E-state index contributed by atoms with van der Waals surface area (Å²) in [5.74, 6) is 2.98. The Labute approximate surface area is 214 Å². The Morgan fingerprint density at radius 2 is 1.97 bits per heavy atom. The maximum absolute atomic E-state index is 15.1. The summed E-state index contributed by atoms with van der Waals surface area (Å²) in [5, 5.41) is 16.9. The number of anilines is 2. The molecule has 0 aliphatic carbocycles. The van der Waals surface area contributed by atoms with Gasteiger partial charge in [-0.05, 0) is 19.1 Å². The van der Waals surface area contributed by atoms with Crippen LogP contribution in [-0.4, -0.2) is 64.6 Å². The molecule has 1 fully saturated rings. The average Bonchev–Trinajstić information content (AvgIpc) is 3.28. The fraction of sp³-hybridized carbons (Fsp3) is 0.375. The van der Waals surface area contributed by atoms with Crippen LogP contribution in [0.25, 0.3) is 11.0 Å². The molecule has 14 heteroatoms. The minimum absolute atomic E-state index is 0.178. The normalized spacial score (nSPS) is 13.7. The first-order valence-electron chi connectivity index (χ1n) is 11.5. The number of halogens is 4. The summed E-state index contributed by atoms with van der Waals surface area (Å²) >= 11 is 0. The number of carbonyl (C=O) groups excluding carboxylic acids is 1. The molecule has 0 unspecified atom stereocenters. The van der Waals surface area contributed by atoms with E-state index in [0.717, 1.165) is 30.9 Å². The molecule has 198 valence electrons. The van der Waals surface area contributed by atoms with E-state index in [9.17, 15) is 28.0 Å². The molecule has 2 aromatic heterocycles. The number of amides is 1. The van der Waals surface area contributed by atoms with Crippen molar-refractivity contribution < 1.29 is 22.4 Å². The molecule has 1 aliphatic heterocycles. The number of nitrogens with one attached hydrogen (secondary N) is 1. The van der Waals surface area contributed by atoms with Gasteiger partial charge in [0.15, 0.2) is 0 Å².